The van der Waals surface area contributed by atoms with Gasteiger partial charge in [0, 0.05) is 18.2 Å². The first kappa shape index (κ1) is 21.2. The molecule has 2 aliphatic rings. The van der Waals surface area contributed by atoms with Gasteiger partial charge in [-0.1, -0.05) is 26.8 Å². The predicted molar refractivity (Wildman–Crippen MR) is 109 cm³/mol. The van der Waals surface area contributed by atoms with Crippen molar-refractivity contribution >= 4 is 14.3 Å². The zero-order chi connectivity index (χ0) is 19.7. The molecule has 5 heteroatoms. The van der Waals surface area contributed by atoms with E-state index in [1.54, 1.807) is 6.08 Å². The Morgan fingerprint density at radius 1 is 1.35 bits per heavy atom. The first-order chi connectivity index (χ1) is 12.0. The Balaban J connectivity index is 2.29. The van der Waals surface area contributed by atoms with Crippen LogP contribution in [0.25, 0.3) is 0 Å². The van der Waals surface area contributed by atoms with Gasteiger partial charge in [0.15, 0.2) is 14.4 Å². The number of likely N-dealkylation sites (tertiary alicyclic amines) is 1. The molecule has 0 aromatic rings. The molecule has 1 saturated heterocycles. The van der Waals surface area contributed by atoms with Crippen LogP contribution in [0.4, 0.5) is 0 Å². The lowest BCUT2D eigenvalue weighted by atomic mass is 10.0. The van der Waals surface area contributed by atoms with Crippen molar-refractivity contribution in [2.45, 2.75) is 103 Å². The summed E-state index contributed by atoms with van der Waals surface area (Å²) >= 11 is 0. The zero-order valence-corrected chi connectivity index (χ0v) is 18.7. The molecule has 4 atom stereocenters. The summed E-state index contributed by atoms with van der Waals surface area (Å²) in [6.07, 6.45) is 7.17. The first-order valence-electron chi connectivity index (χ1n) is 9.97. The third-order valence-corrected chi connectivity index (χ3v) is 10.8. The topological polar surface area (TPSA) is 38.8 Å². The average Bonchev–Trinajstić information content (AvgIpc) is 3.04. The van der Waals surface area contributed by atoms with Gasteiger partial charge >= 0.3 is 5.97 Å². The summed E-state index contributed by atoms with van der Waals surface area (Å²) in [7, 11) is -1.98. The van der Waals surface area contributed by atoms with Crippen LogP contribution in [0.5, 0.6) is 0 Å². The summed E-state index contributed by atoms with van der Waals surface area (Å²) in [4.78, 5) is 14.6. The number of allylic oxidation sites excluding steroid dienone is 1. The van der Waals surface area contributed by atoms with Crippen molar-refractivity contribution in [3.63, 3.8) is 0 Å². The van der Waals surface area contributed by atoms with Crippen LogP contribution in [0.2, 0.25) is 18.1 Å². The van der Waals surface area contributed by atoms with Crippen molar-refractivity contribution in [1.29, 1.82) is 0 Å². The fourth-order valence-corrected chi connectivity index (χ4v) is 5.08. The number of hydrogen-bond donors (Lipinski definition) is 0. The van der Waals surface area contributed by atoms with E-state index < -0.39 is 8.32 Å². The summed E-state index contributed by atoms with van der Waals surface area (Å²) in [6.45, 7) is 19.6. The van der Waals surface area contributed by atoms with E-state index in [9.17, 15) is 4.79 Å². The van der Waals surface area contributed by atoms with Crippen molar-refractivity contribution in [2.75, 3.05) is 0 Å². The minimum atomic E-state index is -1.98. The van der Waals surface area contributed by atoms with Gasteiger partial charge in [0.2, 0.25) is 0 Å². The summed E-state index contributed by atoms with van der Waals surface area (Å²) in [5.74, 6) is -0.237. The van der Waals surface area contributed by atoms with Crippen LogP contribution in [0.3, 0.4) is 0 Å². The lowest BCUT2D eigenvalue weighted by Gasteiger charge is -2.42. The van der Waals surface area contributed by atoms with Gasteiger partial charge in [-0.15, -0.1) is 6.58 Å². The van der Waals surface area contributed by atoms with Crippen molar-refractivity contribution in [2.24, 2.45) is 0 Å². The zero-order valence-electron chi connectivity index (χ0n) is 17.7. The van der Waals surface area contributed by atoms with Crippen LogP contribution in [0.1, 0.15) is 60.3 Å². The van der Waals surface area contributed by atoms with Gasteiger partial charge in [0.05, 0.1) is 11.8 Å². The number of ether oxygens (including phenoxy) is 1. The quantitative estimate of drug-likeness (QED) is 0.353. The summed E-state index contributed by atoms with van der Waals surface area (Å²) < 4.78 is 12.5. The van der Waals surface area contributed by atoms with Crippen LogP contribution in [0.15, 0.2) is 24.4 Å². The molecule has 0 aromatic carbocycles. The standard InChI is InChI=1S/C21H37NO3Si/c1-9-10-11-18(25-26(7,8)21(4,5)6)20-17(14-19(23)24-20)22-15(2)12-13-16(22)3/h9,14-16,18,20H,1,10-13H2,2-8H3/t15-,16-,18-,20-/m1/s1. The number of carbonyl (C=O) groups excluding carboxylic acids is 1. The van der Waals surface area contributed by atoms with E-state index in [-0.39, 0.29) is 23.2 Å². The van der Waals surface area contributed by atoms with Crippen molar-refractivity contribution in [3.8, 4) is 0 Å². The van der Waals surface area contributed by atoms with Gasteiger partial charge in [-0.25, -0.2) is 4.79 Å². The molecule has 0 bridgehead atoms. The SMILES string of the molecule is C=CCC[C@@H](O[Si](C)(C)C(C)(C)C)[C@@H]1OC(=O)C=C1N1[C@H](C)CC[C@H]1C. The third kappa shape index (κ3) is 4.42. The van der Waals surface area contributed by atoms with E-state index in [0.717, 1.165) is 31.4 Å². The van der Waals surface area contributed by atoms with E-state index in [4.69, 9.17) is 9.16 Å². The Kier molecular flexibility index (Phi) is 6.44. The second kappa shape index (κ2) is 7.89. The number of esters is 1. The van der Waals surface area contributed by atoms with Crippen molar-refractivity contribution in [1.82, 2.24) is 4.90 Å². The number of nitrogens with zero attached hydrogens (tertiary/aromatic N) is 1. The molecule has 0 spiro atoms. The minimum Gasteiger partial charge on any atom is -0.450 e. The molecule has 4 nitrogen and oxygen atoms in total. The minimum absolute atomic E-state index is 0.111. The highest BCUT2D eigenvalue weighted by atomic mass is 28.4. The maximum absolute atomic E-state index is 12.2. The molecule has 0 N–H and O–H groups in total. The van der Waals surface area contributed by atoms with Gasteiger partial charge < -0.3 is 14.1 Å². The second-order valence-electron chi connectivity index (χ2n) is 9.39. The highest BCUT2D eigenvalue weighted by Crippen LogP contribution is 2.41. The predicted octanol–water partition coefficient (Wildman–Crippen LogP) is 5.03. The molecule has 2 heterocycles. The third-order valence-electron chi connectivity index (χ3n) is 6.30. The molecule has 148 valence electrons. The summed E-state index contributed by atoms with van der Waals surface area (Å²) in [5.41, 5.74) is 1.01. The molecular formula is C21H37NO3Si. The number of carbonyl (C=O) groups is 1. The van der Waals surface area contributed by atoms with Crippen molar-refractivity contribution < 1.29 is 14.0 Å². The summed E-state index contributed by atoms with van der Waals surface area (Å²) in [5, 5.41) is 0.111. The van der Waals surface area contributed by atoms with Gasteiger partial charge in [0.25, 0.3) is 0 Å². The monoisotopic (exact) mass is 379 g/mol. The van der Waals surface area contributed by atoms with E-state index in [1.807, 2.05) is 6.08 Å². The van der Waals surface area contributed by atoms with E-state index >= 15 is 0 Å². The van der Waals surface area contributed by atoms with E-state index in [1.165, 1.54) is 0 Å². The smallest absolute Gasteiger partial charge is 0.333 e. The maximum atomic E-state index is 12.2. The molecule has 2 aliphatic heterocycles. The molecule has 0 aromatic heterocycles. The fourth-order valence-electron chi connectivity index (χ4n) is 3.72. The fraction of sp³-hybridized carbons (Fsp3) is 0.762. The maximum Gasteiger partial charge on any atom is 0.333 e. The highest BCUT2D eigenvalue weighted by molar-refractivity contribution is 6.74. The largest absolute Gasteiger partial charge is 0.450 e. The van der Waals surface area contributed by atoms with Gasteiger partial charge in [-0.05, 0) is 57.7 Å². The Hall–Kier alpha value is -1.07. The van der Waals surface area contributed by atoms with E-state index in [2.05, 4.69) is 59.2 Å². The average molecular weight is 380 g/mol. The lowest BCUT2D eigenvalue weighted by molar-refractivity contribution is -0.143. The van der Waals surface area contributed by atoms with Crippen LogP contribution in [-0.4, -0.2) is 43.5 Å². The van der Waals surface area contributed by atoms with Crippen molar-refractivity contribution in [3.05, 3.63) is 24.4 Å². The van der Waals surface area contributed by atoms with Gasteiger partial charge in [-0.3, -0.25) is 0 Å². The Bertz CT molecular complexity index is 554. The highest BCUT2D eigenvalue weighted by Gasteiger charge is 2.46. The molecule has 0 amide bonds. The second-order valence-corrected chi connectivity index (χ2v) is 14.1. The Morgan fingerprint density at radius 2 is 1.92 bits per heavy atom. The molecule has 0 radical (unpaired) electrons. The Labute approximate surface area is 160 Å². The lowest BCUT2D eigenvalue weighted by Crippen LogP contribution is -2.49. The van der Waals surface area contributed by atoms with Gasteiger partial charge in [-0.2, -0.15) is 0 Å². The molecule has 1 fully saturated rings. The molecule has 26 heavy (non-hydrogen) atoms. The van der Waals surface area contributed by atoms with Crippen LogP contribution >= 0.6 is 0 Å². The van der Waals surface area contributed by atoms with Gasteiger partial charge in [0.1, 0.15) is 0 Å². The summed E-state index contributed by atoms with van der Waals surface area (Å²) in [6, 6.07) is 0.863. The van der Waals surface area contributed by atoms with E-state index in [0.29, 0.717) is 12.1 Å². The number of hydrogen-bond acceptors (Lipinski definition) is 4. The number of rotatable bonds is 7. The molecule has 0 saturated carbocycles. The first-order valence-corrected chi connectivity index (χ1v) is 12.9. The molecular weight excluding hydrogens is 342 g/mol. The van der Waals surface area contributed by atoms with Crippen LogP contribution in [0, 0.1) is 0 Å². The van der Waals surface area contributed by atoms with Crippen LogP contribution < -0.4 is 0 Å². The number of cyclic esters (lactones) is 1. The normalized spacial score (nSPS) is 28.1. The molecule has 0 unspecified atom stereocenters. The Morgan fingerprint density at radius 3 is 2.42 bits per heavy atom. The molecule has 2 rings (SSSR count). The molecule has 0 aliphatic carbocycles. The van der Waals surface area contributed by atoms with Crippen LogP contribution in [-0.2, 0) is 14.0 Å².